The van der Waals surface area contributed by atoms with Crippen LogP contribution in [0.4, 0.5) is 10.3 Å². The molecule has 10 heteroatoms. The fourth-order valence-corrected chi connectivity index (χ4v) is 3.77. The molecule has 2 N–H and O–H groups in total. The summed E-state index contributed by atoms with van der Waals surface area (Å²) in [5, 5.41) is 8.56. The highest BCUT2D eigenvalue weighted by molar-refractivity contribution is 5.89. The van der Waals surface area contributed by atoms with Crippen molar-refractivity contribution in [3.63, 3.8) is 0 Å². The lowest BCUT2D eigenvalue weighted by Crippen LogP contribution is -2.21. The van der Waals surface area contributed by atoms with Gasteiger partial charge in [-0.2, -0.15) is 4.98 Å². The monoisotopic (exact) mass is 442 g/mol. The van der Waals surface area contributed by atoms with Gasteiger partial charge in [0.15, 0.2) is 17.2 Å². The first-order valence-electron chi connectivity index (χ1n) is 10.8. The second kappa shape index (κ2) is 9.47. The van der Waals surface area contributed by atoms with E-state index in [2.05, 4.69) is 23.7 Å². The third kappa shape index (κ3) is 4.50. The van der Waals surface area contributed by atoms with Crippen molar-refractivity contribution < 1.29 is 19.1 Å². The molecule has 0 spiro atoms. The largest absolute Gasteiger partial charge is 0.490 e. The van der Waals surface area contributed by atoms with Crippen LogP contribution in [0.25, 0.3) is 22.4 Å². The minimum atomic E-state index is -0.513. The van der Waals surface area contributed by atoms with Crippen LogP contribution in [0.3, 0.4) is 0 Å². The molecule has 4 rings (SSSR count). The molecular weight excluding hydrogens is 415 g/mol. The van der Waals surface area contributed by atoms with Gasteiger partial charge in [-0.15, -0.1) is 0 Å². The van der Waals surface area contributed by atoms with Crippen molar-refractivity contribution >= 4 is 23.0 Å². The van der Waals surface area contributed by atoms with Gasteiger partial charge in [-0.1, -0.05) is 0 Å². The summed E-state index contributed by atoms with van der Waals surface area (Å²) in [5.41, 5.74) is 4.26. The summed E-state index contributed by atoms with van der Waals surface area (Å²) in [6.45, 7) is 6.08. The number of nitrogens with zero attached hydrogens (tertiary/aromatic N) is 5. The molecule has 0 saturated carbocycles. The van der Waals surface area contributed by atoms with Gasteiger partial charge in [0.05, 0.1) is 12.9 Å². The molecule has 1 aliphatic rings. The standard InChI is InChI=1S/C22H27FN6O3/c1-14(2)29-13-24-20-19(25-22(26-21(20)29)28-9-3-4-10-28)15-7-8-16(23)17(12-15)32-11-5-6-18(30)27-31/h7-8,12-14,31H,3-6,9-11H2,1-2H3,(H,27,30). The molecule has 170 valence electrons. The number of fused-ring (bicyclic) bond motifs is 1. The minimum absolute atomic E-state index is 0.0738. The zero-order valence-electron chi connectivity index (χ0n) is 18.2. The van der Waals surface area contributed by atoms with E-state index in [1.165, 1.54) is 6.07 Å². The van der Waals surface area contributed by atoms with Crippen LogP contribution in [0.5, 0.6) is 5.75 Å². The second-order valence-corrected chi connectivity index (χ2v) is 8.12. The molecule has 0 radical (unpaired) electrons. The van der Waals surface area contributed by atoms with E-state index in [1.807, 2.05) is 4.57 Å². The van der Waals surface area contributed by atoms with Crippen LogP contribution in [0.1, 0.15) is 45.6 Å². The van der Waals surface area contributed by atoms with Gasteiger partial charge in [-0.05, 0) is 51.3 Å². The van der Waals surface area contributed by atoms with E-state index in [0.29, 0.717) is 29.1 Å². The van der Waals surface area contributed by atoms with Gasteiger partial charge in [0, 0.05) is 31.1 Å². The maximum atomic E-state index is 14.4. The number of hydrogen-bond acceptors (Lipinski definition) is 7. The summed E-state index contributed by atoms with van der Waals surface area (Å²) < 4.78 is 22.0. The molecule has 0 atom stereocenters. The number of nitrogens with one attached hydrogen (secondary N) is 1. The number of halogens is 1. The summed E-state index contributed by atoms with van der Waals surface area (Å²) in [7, 11) is 0. The van der Waals surface area contributed by atoms with Crippen molar-refractivity contribution in [3.8, 4) is 17.0 Å². The summed E-state index contributed by atoms with van der Waals surface area (Å²) >= 11 is 0. The maximum absolute atomic E-state index is 14.4. The van der Waals surface area contributed by atoms with Gasteiger partial charge in [-0.3, -0.25) is 10.0 Å². The Bertz CT molecular complexity index is 1110. The zero-order chi connectivity index (χ0) is 22.7. The Labute approximate surface area is 185 Å². The van der Waals surface area contributed by atoms with E-state index in [4.69, 9.17) is 19.9 Å². The van der Waals surface area contributed by atoms with Gasteiger partial charge in [-0.25, -0.2) is 19.8 Å². The first-order chi connectivity index (χ1) is 15.5. The quantitative estimate of drug-likeness (QED) is 0.313. The first-order valence-corrected chi connectivity index (χ1v) is 10.8. The molecule has 1 fully saturated rings. The number of carbonyl (C=O) groups is 1. The average molecular weight is 442 g/mol. The van der Waals surface area contributed by atoms with Gasteiger partial charge in [0.2, 0.25) is 11.9 Å². The van der Waals surface area contributed by atoms with Crippen LogP contribution >= 0.6 is 0 Å². The minimum Gasteiger partial charge on any atom is -0.490 e. The van der Waals surface area contributed by atoms with Crippen molar-refractivity contribution in [2.45, 2.75) is 45.6 Å². The molecule has 1 saturated heterocycles. The van der Waals surface area contributed by atoms with Crippen molar-refractivity contribution in [1.82, 2.24) is 25.0 Å². The third-order valence-electron chi connectivity index (χ3n) is 5.49. The lowest BCUT2D eigenvalue weighted by molar-refractivity contribution is -0.129. The lowest BCUT2D eigenvalue weighted by atomic mass is 10.1. The Morgan fingerprint density at radius 3 is 2.78 bits per heavy atom. The van der Waals surface area contributed by atoms with Crippen LogP contribution in [-0.4, -0.2) is 50.3 Å². The van der Waals surface area contributed by atoms with Gasteiger partial charge in [0.1, 0.15) is 11.2 Å². The summed E-state index contributed by atoms with van der Waals surface area (Å²) in [6.07, 6.45) is 4.38. The van der Waals surface area contributed by atoms with Crippen molar-refractivity contribution in [2.24, 2.45) is 0 Å². The fourth-order valence-electron chi connectivity index (χ4n) is 3.77. The molecule has 9 nitrogen and oxygen atoms in total. The topological polar surface area (TPSA) is 105 Å². The number of benzene rings is 1. The molecule has 32 heavy (non-hydrogen) atoms. The summed E-state index contributed by atoms with van der Waals surface area (Å²) in [5.74, 6) is -0.293. The Hall–Kier alpha value is -3.27. The van der Waals surface area contributed by atoms with Crippen LogP contribution in [0.2, 0.25) is 0 Å². The maximum Gasteiger partial charge on any atom is 0.243 e. The normalized spacial score (nSPS) is 13.8. The van der Waals surface area contributed by atoms with E-state index in [-0.39, 0.29) is 24.8 Å². The molecule has 3 aromatic rings. The Morgan fingerprint density at radius 1 is 1.28 bits per heavy atom. The van der Waals surface area contributed by atoms with Crippen molar-refractivity contribution in [1.29, 1.82) is 0 Å². The smallest absolute Gasteiger partial charge is 0.243 e. The zero-order valence-corrected chi connectivity index (χ0v) is 18.2. The first kappa shape index (κ1) is 21.9. The Kier molecular flexibility index (Phi) is 6.50. The number of ether oxygens (including phenoxy) is 1. The van der Waals surface area contributed by atoms with Gasteiger partial charge < -0.3 is 14.2 Å². The third-order valence-corrected chi connectivity index (χ3v) is 5.49. The van der Waals surface area contributed by atoms with Crippen LogP contribution in [-0.2, 0) is 4.79 Å². The van der Waals surface area contributed by atoms with Gasteiger partial charge in [0.25, 0.3) is 0 Å². The van der Waals surface area contributed by atoms with Crippen LogP contribution in [0.15, 0.2) is 24.5 Å². The van der Waals surface area contributed by atoms with E-state index in [9.17, 15) is 9.18 Å². The van der Waals surface area contributed by atoms with Crippen molar-refractivity contribution in [3.05, 3.63) is 30.3 Å². The number of carbonyl (C=O) groups excluding carboxylic acids is 1. The number of aromatic nitrogens is 4. The number of anilines is 1. The lowest BCUT2D eigenvalue weighted by Gasteiger charge is -2.17. The molecule has 1 aliphatic heterocycles. The number of hydroxylamine groups is 1. The summed E-state index contributed by atoms with van der Waals surface area (Å²) in [6, 6.07) is 4.78. The molecule has 3 heterocycles. The Morgan fingerprint density at radius 2 is 2.06 bits per heavy atom. The second-order valence-electron chi connectivity index (χ2n) is 8.12. The molecule has 1 amide bonds. The molecule has 0 bridgehead atoms. The Balaban J connectivity index is 1.69. The van der Waals surface area contributed by atoms with Crippen LogP contribution < -0.4 is 15.1 Å². The number of hydrogen-bond donors (Lipinski definition) is 2. The summed E-state index contributed by atoms with van der Waals surface area (Å²) in [4.78, 5) is 27.5. The SMILES string of the molecule is CC(C)n1cnc2c(-c3ccc(F)c(OCCCC(=O)NO)c3)nc(N3CCCC3)nc21. The average Bonchev–Trinajstić information content (AvgIpc) is 3.47. The molecular formula is C22H27FN6O3. The predicted octanol–water partition coefficient (Wildman–Crippen LogP) is 3.48. The van der Waals surface area contributed by atoms with Crippen molar-refractivity contribution in [2.75, 3.05) is 24.6 Å². The fraction of sp³-hybridized carbons (Fsp3) is 0.455. The van der Waals surface area contributed by atoms with E-state index in [1.54, 1.807) is 23.9 Å². The number of rotatable bonds is 8. The number of amides is 1. The van der Waals surface area contributed by atoms with E-state index in [0.717, 1.165) is 31.6 Å². The highest BCUT2D eigenvalue weighted by Gasteiger charge is 2.22. The predicted molar refractivity (Wildman–Crippen MR) is 117 cm³/mol. The van der Waals surface area contributed by atoms with E-state index >= 15 is 0 Å². The highest BCUT2D eigenvalue weighted by atomic mass is 19.1. The molecule has 0 aliphatic carbocycles. The van der Waals surface area contributed by atoms with Gasteiger partial charge >= 0.3 is 0 Å². The highest BCUT2D eigenvalue weighted by Crippen LogP contribution is 2.32. The molecule has 2 aromatic heterocycles. The van der Waals surface area contributed by atoms with Crippen LogP contribution in [0, 0.1) is 5.82 Å². The molecule has 1 aromatic carbocycles. The number of imidazole rings is 1. The van der Waals surface area contributed by atoms with E-state index < -0.39 is 11.7 Å². The molecule has 0 unspecified atom stereocenters.